The summed E-state index contributed by atoms with van der Waals surface area (Å²) in [6.07, 6.45) is 0. The number of nitrogens with one attached hydrogen (secondary N) is 2. The lowest BCUT2D eigenvalue weighted by atomic mass is 9.81. The molecular weight excluding hydrogens is 370 g/mol. The molecule has 3 atom stereocenters. The average molecular weight is 400 g/mol. The van der Waals surface area contributed by atoms with Gasteiger partial charge in [0.05, 0.1) is 19.2 Å². The van der Waals surface area contributed by atoms with Gasteiger partial charge in [0.2, 0.25) is 0 Å². The number of anilines is 1. The topological polar surface area (TPSA) is 36.5 Å². The van der Waals surface area contributed by atoms with E-state index in [1.54, 1.807) is 7.11 Å². The van der Waals surface area contributed by atoms with Gasteiger partial charge in [0.1, 0.15) is 5.75 Å². The van der Waals surface area contributed by atoms with Gasteiger partial charge < -0.3 is 9.64 Å². The molecule has 2 aliphatic heterocycles. The quantitative estimate of drug-likeness (QED) is 0.658. The molecule has 0 bridgehead atoms. The first kappa shape index (κ1) is 19.2. The highest BCUT2D eigenvalue weighted by Crippen LogP contribution is 2.46. The van der Waals surface area contributed by atoms with Crippen molar-refractivity contribution >= 4 is 5.69 Å². The number of hydrazine groups is 1. The number of ether oxygens (including phenoxy) is 1. The van der Waals surface area contributed by atoms with Crippen LogP contribution in [0.25, 0.3) is 0 Å². The predicted octanol–water partition coefficient (Wildman–Crippen LogP) is 4.84. The van der Waals surface area contributed by atoms with Crippen LogP contribution in [0, 0.1) is 19.8 Å². The smallest absolute Gasteiger partial charge is 0.119 e. The van der Waals surface area contributed by atoms with Gasteiger partial charge in [-0.3, -0.25) is 0 Å². The Morgan fingerprint density at radius 3 is 2.47 bits per heavy atom. The molecule has 3 aromatic carbocycles. The lowest BCUT2D eigenvalue weighted by molar-refractivity contribution is 0.393. The lowest BCUT2D eigenvalue weighted by Gasteiger charge is -2.39. The van der Waals surface area contributed by atoms with Crippen LogP contribution in [0.2, 0.25) is 0 Å². The summed E-state index contributed by atoms with van der Waals surface area (Å²) in [6, 6.07) is 24.6. The van der Waals surface area contributed by atoms with E-state index in [-0.39, 0.29) is 12.1 Å². The van der Waals surface area contributed by atoms with Crippen molar-refractivity contribution in [3.63, 3.8) is 0 Å². The number of nitrogens with zero attached hydrogens (tertiary/aromatic N) is 1. The van der Waals surface area contributed by atoms with E-state index in [2.05, 4.69) is 96.3 Å². The molecule has 5 rings (SSSR count). The van der Waals surface area contributed by atoms with Crippen molar-refractivity contribution in [1.82, 2.24) is 10.9 Å². The number of methoxy groups -OCH3 is 1. The maximum absolute atomic E-state index is 5.56. The highest BCUT2D eigenvalue weighted by Gasteiger charge is 2.43. The molecule has 0 aromatic heterocycles. The van der Waals surface area contributed by atoms with Gasteiger partial charge in [-0.2, -0.15) is 0 Å². The van der Waals surface area contributed by atoms with Crippen LogP contribution >= 0.6 is 0 Å². The normalized spacial score (nSPS) is 22.5. The predicted molar refractivity (Wildman–Crippen MR) is 122 cm³/mol. The Bertz CT molecular complexity index is 1050. The third-order valence-electron chi connectivity index (χ3n) is 6.70. The molecule has 0 saturated carbocycles. The van der Waals surface area contributed by atoms with Gasteiger partial charge in [0, 0.05) is 24.7 Å². The van der Waals surface area contributed by atoms with Crippen molar-refractivity contribution in [2.75, 3.05) is 18.6 Å². The van der Waals surface area contributed by atoms with E-state index in [1.807, 2.05) is 0 Å². The molecule has 0 aliphatic carbocycles. The van der Waals surface area contributed by atoms with Crippen LogP contribution in [0.1, 0.15) is 39.9 Å². The third-order valence-corrected chi connectivity index (χ3v) is 6.70. The van der Waals surface area contributed by atoms with E-state index < -0.39 is 0 Å². The van der Waals surface area contributed by atoms with Crippen molar-refractivity contribution in [3.05, 3.63) is 94.5 Å². The molecule has 3 aromatic rings. The van der Waals surface area contributed by atoms with Gasteiger partial charge in [-0.1, -0.05) is 48.5 Å². The number of hydrogen-bond acceptors (Lipinski definition) is 4. The van der Waals surface area contributed by atoms with E-state index in [0.717, 1.165) is 18.8 Å². The second-order valence-corrected chi connectivity index (χ2v) is 8.54. The first-order valence-corrected chi connectivity index (χ1v) is 10.7. The summed E-state index contributed by atoms with van der Waals surface area (Å²) in [6.45, 7) is 6.27. The van der Waals surface area contributed by atoms with Crippen LogP contribution in [0.5, 0.6) is 5.75 Å². The van der Waals surface area contributed by atoms with E-state index in [4.69, 9.17) is 4.74 Å². The highest BCUT2D eigenvalue weighted by atomic mass is 16.5. The van der Waals surface area contributed by atoms with Crippen molar-refractivity contribution < 1.29 is 4.74 Å². The van der Waals surface area contributed by atoms with Gasteiger partial charge >= 0.3 is 0 Å². The second-order valence-electron chi connectivity index (χ2n) is 8.54. The molecule has 1 saturated heterocycles. The van der Waals surface area contributed by atoms with E-state index in [0.29, 0.717) is 5.92 Å². The zero-order chi connectivity index (χ0) is 20.7. The van der Waals surface area contributed by atoms with Gasteiger partial charge in [0.15, 0.2) is 0 Å². The molecule has 154 valence electrons. The molecular formula is C26H29N3O. The van der Waals surface area contributed by atoms with Crippen molar-refractivity contribution in [2.45, 2.75) is 32.5 Å². The van der Waals surface area contributed by atoms with Crippen molar-refractivity contribution in [2.24, 2.45) is 5.92 Å². The van der Waals surface area contributed by atoms with Gasteiger partial charge in [-0.05, 0) is 59.9 Å². The fourth-order valence-corrected chi connectivity index (χ4v) is 4.90. The Kier molecular flexibility index (Phi) is 4.97. The average Bonchev–Trinajstić information content (AvgIpc) is 3.20. The summed E-state index contributed by atoms with van der Waals surface area (Å²) >= 11 is 0. The molecule has 0 amide bonds. The zero-order valence-electron chi connectivity index (χ0n) is 17.9. The lowest BCUT2D eigenvalue weighted by Crippen LogP contribution is -2.39. The summed E-state index contributed by atoms with van der Waals surface area (Å²) in [5, 5.41) is 0. The summed E-state index contributed by atoms with van der Waals surface area (Å²) < 4.78 is 5.56. The summed E-state index contributed by atoms with van der Waals surface area (Å²) in [5.41, 5.74) is 15.2. The summed E-state index contributed by atoms with van der Waals surface area (Å²) in [4.78, 5) is 2.52. The molecule has 2 aliphatic rings. The Morgan fingerprint density at radius 2 is 1.70 bits per heavy atom. The molecule has 3 unspecified atom stereocenters. The first-order chi connectivity index (χ1) is 14.6. The number of rotatable bonds is 4. The fourth-order valence-electron chi connectivity index (χ4n) is 4.90. The molecule has 0 radical (unpaired) electrons. The van der Waals surface area contributed by atoms with Gasteiger partial charge in [-0.25, -0.2) is 10.9 Å². The minimum atomic E-state index is 0.258. The largest absolute Gasteiger partial charge is 0.497 e. The number of benzene rings is 3. The van der Waals surface area contributed by atoms with Crippen LogP contribution in [0.4, 0.5) is 5.69 Å². The Hall–Kier alpha value is -2.82. The highest BCUT2D eigenvalue weighted by molar-refractivity contribution is 5.61. The van der Waals surface area contributed by atoms with Crippen LogP contribution in [0.15, 0.2) is 66.7 Å². The van der Waals surface area contributed by atoms with Crippen LogP contribution in [-0.2, 0) is 6.54 Å². The van der Waals surface area contributed by atoms with Crippen LogP contribution in [-0.4, -0.2) is 13.7 Å². The van der Waals surface area contributed by atoms with Crippen molar-refractivity contribution in [3.8, 4) is 5.75 Å². The third kappa shape index (κ3) is 3.36. The SMILES string of the molecule is COc1ccc2c(c1)C1NNC(c3ccc(C)c(C)c3)C1CN2Cc1ccccc1. The second kappa shape index (κ2) is 7.78. The minimum absolute atomic E-state index is 0.258. The summed E-state index contributed by atoms with van der Waals surface area (Å²) in [7, 11) is 1.74. The molecule has 1 fully saturated rings. The monoisotopic (exact) mass is 399 g/mol. The van der Waals surface area contributed by atoms with Gasteiger partial charge in [0.25, 0.3) is 0 Å². The number of aryl methyl sites for hydroxylation is 2. The zero-order valence-corrected chi connectivity index (χ0v) is 17.9. The molecule has 2 N–H and O–H groups in total. The molecule has 0 spiro atoms. The van der Waals surface area contributed by atoms with Crippen LogP contribution in [0.3, 0.4) is 0 Å². The maximum atomic E-state index is 5.56. The first-order valence-electron chi connectivity index (χ1n) is 10.7. The fraction of sp³-hybridized carbons (Fsp3) is 0.308. The van der Waals surface area contributed by atoms with Gasteiger partial charge in [-0.15, -0.1) is 0 Å². The number of fused-ring (bicyclic) bond motifs is 3. The maximum Gasteiger partial charge on any atom is 0.119 e. The Labute approximate surface area is 178 Å². The molecule has 4 heteroatoms. The molecule has 2 heterocycles. The summed E-state index contributed by atoms with van der Waals surface area (Å²) in [5.74, 6) is 1.33. The molecule has 30 heavy (non-hydrogen) atoms. The van der Waals surface area contributed by atoms with E-state index in [1.165, 1.54) is 33.5 Å². The molecule has 4 nitrogen and oxygen atoms in total. The number of hydrogen-bond donors (Lipinski definition) is 2. The van der Waals surface area contributed by atoms with Crippen molar-refractivity contribution in [1.29, 1.82) is 0 Å². The van der Waals surface area contributed by atoms with E-state index in [9.17, 15) is 0 Å². The van der Waals surface area contributed by atoms with E-state index >= 15 is 0 Å². The Morgan fingerprint density at radius 1 is 0.900 bits per heavy atom. The standard InChI is InChI=1S/C26H29N3O/c1-17-9-10-20(13-18(17)2)25-23-16-29(15-19-7-5-4-6-8-19)24-12-11-21(30-3)14-22(24)26(23)28-27-25/h4-14,23,25-28H,15-16H2,1-3H3. The van der Waals surface area contributed by atoms with Crippen LogP contribution < -0.4 is 20.5 Å². The minimum Gasteiger partial charge on any atom is -0.497 e. The Balaban J connectivity index is 1.53.